The van der Waals surface area contributed by atoms with Crippen LogP contribution in [0.3, 0.4) is 0 Å². The molecule has 276 valence electrons. The zero-order valence-electron chi connectivity index (χ0n) is 30.6. The molecule has 0 radical (unpaired) electrons. The molecule has 0 aliphatic carbocycles. The Hall–Kier alpha value is -2.60. The topological polar surface area (TPSA) is 120 Å². The van der Waals surface area contributed by atoms with Crippen molar-refractivity contribution in [3.8, 4) is 22.1 Å². The van der Waals surface area contributed by atoms with E-state index in [-0.39, 0.29) is 17.3 Å². The summed E-state index contributed by atoms with van der Waals surface area (Å²) in [5.41, 5.74) is 0.648. The van der Waals surface area contributed by atoms with Gasteiger partial charge in [-0.05, 0) is 70.7 Å². The van der Waals surface area contributed by atoms with Gasteiger partial charge in [0.05, 0.1) is 58.7 Å². The minimum atomic E-state index is -4.20. The molecule has 1 atom stereocenters. The number of thiophene rings is 1. The Balaban J connectivity index is 1.62. The van der Waals surface area contributed by atoms with Crippen LogP contribution in [0.2, 0.25) is 0 Å². The molecule has 1 N–H and O–H groups in total. The van der Waals surface area contributed by atoms with Crippen molar-refractivity contribution in [3.63, 3.8) is 0 Å². The molecule has 1 unspecified atom stereocenters. The molecule has 1 aromatic carbocycles. The molecule has 2 heterocycles. The zero-order chi connectivity index (χ0) is 35.9. The first kappa shape index (κ1) is 40.8. The molecule has 0 bridgehead atoms. The van der Waals surface area contributed by atoms with Gasteiger partial charge in [-0.3, -0.25) is 4.79 Å². The van der Waals surface area contributed by atoms with Gasteiger partial charge in [0.2, 0.25) is 11.2 Å². The van der Waals surface area contributed by atoms with Gasteiger partial charge >= 0.3 is 0 Å². The first-order valence-electron chi connectivity index (χ1n) is 18.5. The average molecular weight is 721 g/mol. The van der Waals surface area contributed by atoms with Crippen LogP contribution in [0.5, 0.6) is 11.5 Å². The van der Waals surface area contributed by atoms with E-state index in [0.29, 0.717) is 46.6 Å². The van der Waals surface area contributed by atoms with Crippen LogP contribution in [-0.2, 0) is 10.1 Å². The first-order valence-corrected chi connectivity index (χ1v) is 20.9. The van der Waals surface area contributed by atoms with E-state index in [9.17, 15) is 22.9 Å². The van der Waals surface area contributed by atoms with Crippen LogP contribution in [0.4, 0.5) is 5.00 Å². The first-order chi connectivity index (χ1) is 23.4. The number of rotatable bonds is 25. The number of aryl methyl sites for hydroxylation is 1. The lowest BCUT2D eigenvalue weighted by atomic mass is 10.1. The molecule has 0 saturated heterocycles. The summed E-state index contributed by atoms with van der Waals surface area (Å²) in [5.74, 6) is 0.105. The average Bonchev–Trinajstić information content (AvgIpc) is 3.55. The summed E-state index contributed by atoms with van der Waals surface area (Å²) < 4.78 is 46.7. The van der Waals surface area contributed by atoms with E-state index in [0.717, 1.165) is 55.0 Å². The molecule has 9 nitrogen and oxygen atoms in total. The number of quaternary nitrogens is 1. The number of benzene rings is 1. The lowest BCUT2D eigenvalue weighted by Gasteiger charge is -2.35. The molecule has 0 saturated carbocycles. The van der Waals surface area contributed by atoms with E-state index >= 15 is 0 Å². The van der Waals surface area contributed by atoms with Gasteiger partial charge in [0.15, 0.2) is 5.76 Å². The SMILES string of the molecule is CCCCCCCCCCCC[N+](C)(CCCCS(=O)(=O)[O-])CCCOc1ccc2c(=O)c(O)c(-c3ccc(N(CC)CC)s3)oc2c1C. The second kappa shape index (κ2) is 20.3. The Morgan fingerprint density at radius 3 is 2.06 bits per heavy atom. The van der Waals surface area contributed by atoms with Crippen LogP contribution in [0.25, 0.3) is 21.6 Å². The molecular weight excluding hydrogens is 661 g/mol. The van der Waals surface area contributed by atoms with Crippen molar-refractivity contribution in [1.82, 2.24) is 0 Å². The van der Waals surface area contributed by atoms with Gasteiger partial charge in [0.25, 0.3) is 0 Å². The van der Waals surface area contributed by atoms with Crippen molar-refractivity contribution in [2.75, 3.05) is 57.0 Å². The largest absolute Gasteiger partial charge is 0.748 e. The molecule has 3 aromatic rings. The minimum Gasteiger partial charge on any atom is -0.748 e. The van der Waals surface area contributed by atoms with E-state index < -0.39 is 15.5 Å². The predicted octanol–water partition coefficient (Wildman–Crippen LogP) is 8.84. The van der Waals surface area contributed by atoms with Gasteiger partial charge in [0.1, 0.15) is 11.3 Å². The summed E-state index contributed by atoms with van der Waals surface area (Å²) in [6.07, 6.45) is 14.6. The van der Waals surface area contributed by atoms with E-state index in [1.54, 1.807) is 12.1 Å². The summed E-state index contributed by atoms with van der Waals surface area (Å²) in [6, 6.07) is 7.27. The summed E-state index contributed by atoms with van der Waals surface area (Å²) in [6.45, 7) is 13.2. The second-order valence-electron chi connectivity index (χ2n) is 13.6. The summed E-state index contributed by atoms with van der Waals surface area (Å²) in [5, 5.41) is 12.2. The van der Waals surface area contributed by atoms with Gasteiger partial charge < -0.3 is 28.2 Å². The fraction of sp³-hybridized carbons (Fsp3) is 0.658. The summed E-state index contributed by atoms with van der Waals surface area (Å²) in [4.78, 5) is 16.1. The number of fused-ring (bicyclic) bond motifs is 1. The number of unbranched alkanes of at least 4 members (excludes halogenated alkanes) is 10. The molecule has 0 aliphatic rings. The lowest BCUT2D eigenvalue weighted by molar-refractivity contribution is -0.910. The molecular formula is C38H60N2O7S2. The molecule has 0 aliphatic heterocycles. The molecule has 3 rings (SSSR count). The van der Waals surface area contributed by atoms with Crippen molar-refractivity contribution >= 4 is 37.4 Å². The summed E-state index contributed by atoms with van der Waals surface area (Å²) >= 11 is 1.48. The second-order valence-corrected chi connectivity index (χ2v) is 16.2. The quantitative estimate of drug-likeness (QED) is 0.0524. The van der Waals surface area contributed by atoms with Crippen LogP contribution in [-0.4, -0.2) is 74.7 Å². The predicted molar refractivity (Wildman–Crippen MR) is 202 cm³/mol. The number of anilines is 1. The number of ether oxygens (including phenoxy) is 1. The third kappa shape index (κ3) is 12.9. The Kier molecular flexibility index (Phi) is 16.9. The van der Waals surface area contributed by atoms with Crippen molar-refractivity contribution < 1.29 is 31.7 Å². The van der Waals surface area contributed by atoms with Gasteiger partial charge in [-0.15, -0.1) is 11.3 Å². The standard InChI is InChI=1S/C38H60N2O7S2/c1-6-9-10-11-12-13-14-15-16-17-25-40(5,26-18-19-29-49(43,44)45)27-20-28-46-32-22-21-31-35(41)36(42)38(47-37(31)30(32)4)33-23-24-34(48-33)39(7-2)8-3/h21-24H,6-20,25-29H2,1-5H3,(H-,42,43,44,45). The number of aromatic hydroxyl groups is 1. The molecule has 0 amide bonds. The molecule has 0 spiro atoms. The Morgan fingerprint density at radius 2 is 1.45 bits per heavy atom. The maximum absolute atomic E-state index is 13.2. The third-order valence-electron chi connectivity index (χ3n) is 9.62. The van der Waals surface area contributed by atoms with Crippen LogP contribution in [0.1, 0.15) is 110 Å². The van der Waals surface area contributed by atoms with Crippen molar-refractivity contribution in [2.24, 2.45) is 0 Å². The van der Waals surface area contributed by atoms with E-state index in [2.05, 4.69) is 32.7 Å². The normalized spacial score (nSPS) is 13.2. The van der Waals surface area contributed by atoms with Crippen LogP contribution < -0.4 is 15.1 Å². The maximum atomic E-state index is 13.2. The van der Waals surface area contributed by atoms with Crippen LogP contribution in [0, 0.1) is 6.92 Å². The monoisotopic (exact) mass is 720 g/mol. The molecule has 2 aromatic heterocycles. The highest BCUT2D eigenvalue weighted by Crippen LogP contribution is 2.39. The van der Waals surface area contributed by atoms with E-state index in [1.165, 1.54) is 69.1 Å². The van der Waals surface area contributed by atoms with Gasteiger partial charge in [0, 0.05) is 30.8 Å². The highest BCUT2D eigenvalue weighted by Gasteiger charge is 2.22. The Morgan fingerprint density at radius 1 is 0.857 bits per heavy atom. The third-order valence-corrected chi connectivity index (χ3v) is 11.6. The van der Waals surface area contributed by atoms with Crippen molar-refractivity contribution in [2.45, 2.75) is 111 Å². The molecule has 0 fully saturated rings. The maximum Gasteiger partial charge on any atom is 0.235 e. The van der Waals surface area contributed by atoms with Crippen LogP contribution >= 0.6 is 11.3 Å². The fourth-order valence-electron chi connectivity index (χ4n) is 6.56. The smallest absolute Gasteiger partial charge is 0.235 e. The highest BCUT2D eigenvalue weighted by molar-refractivity contribution is 7.85. The minimum absolute atomic E-state index is 0.172. The number of hydrogen-bond acceptors (Lipinski definition) is 9. The van der Waals surface area contributed by atoms with E-state index in [1.807, 2.05) is 19.1 Å². The number of nitrogens with zero attached hydrogens (tertiary/aromatic N) is 2. The fourth-order valence-corrected chi connectivity index (χ4v) is 8.23. The van der Waals surface area contributed by atoms with E-state index in [4.69, 9.17) is 9.15 Å². The highest BCUT2D eigenvalue weighted by atomic mass is 32.2. The van der Waals surface area contributed by atoms with Crippen LogP contribution in [0.15, 0.2) is 33.5 Å². The van der Waals surface area contributed by atoms with Gasteiger partial charge in [-0.2, -0.15) is 0 Å². The number of hydrogen-bond donors (Lipinski definition) is 1. The van der Waals surface area contributed by atoms with Gasteiger partial charge in [-0.1, -0.05) is 58.3 Å². The van der Waals surface area contributed by atoms with Gasteiger partial charge in [-0.25, -0.2) is 8.42 Å². The van der Waals surface area contributed by atoms with Crippen molar-refractivity contribution in [3.05, 3.63) is 40.1 Å². The zero-order valence-corrected chi connectivity index (χ0v) is 32.2. The Bertz CT molecular complexity index is 1600. The summed E-state index contributed by atoms with van der Waals surface area (Å²) in [7, 11) is -1.98. The Labute approximate surface area is 298 Å². The molecule has 49 heavy (non-hydrogen) atoms. The molecule has 11 heteroatoms. The lowest BCUT2D eigenvalue weighted by Crippen LogP contribution is -2.46. The van der Waals surface area contributed by atoms with Crippen molar-refractivity contribution in [1.29, 1.82) is 0 Å².